The number of rotatable bonds is 5. The van der Waals surface area contributed by atoms with Crippen molar-refractivity contribution < 1.29 is 32.7 Å². The summed E-state index contributed by atoms with van der Waals surface area (Å²) >= 11 is 0. The first kappa shape index (κ1) is 22.6. The number of fused-ring (bicyclic) bond motifs is 1. The van der Waals surface area contributed by atoms with Gasteiger partial charge in [0.15, 0.2) is 25.8 Å². The molecule has 2 heterocycles. The minimum absolute atomic E-state index is 0.139. The molecule has 0 bridgehead atoms. The van der Waals surface area contributed by atoms with Gasteiger partial charge < -0.3 is 14.3 Å². The molecule has 10 nitrogen and oxygen atoms in total. The van der Waals surface area contributed by atoms with Crippen molar-refractivity contribution in [1.29, 1.82) is 0 Å². The molecule has 1 aromatic heterocycles. The summed E-state index contributed by atoms with van der Waals surface area (Å²) in [4.78, 5) is 24.2. The van der Waals surface area contributed by atoms with Crippen LogP contribution in [-0.2, 0) is 25.9 Å². The zero-order valence-electron chi connectivity index (χ0n) is 16.8. The average Bonchev–Trinajstić information content (AvgIpc) is 3.00. The minimum atomic E-state index is -3.90. The Kier molecular flexibility index (Phi) is 5.98. The normalized spacial score (nSPS) is 16.8. The standard InChI is InChI=1S/C20H20N2O8S/c1-19(17(23)21-26,31(2,27)28)9-10-22-15-7-6-14(11-16(15)30-18(22)24)5-3-4-8-20(25)12-29-13-20/h6-7,11,25-26H,9-10,12-13H2,1-2H3,(H,21,23). The van der Waals surface area contributed by atoms with Crippen LogP contribution in [0.25, 0.3) is 11.1 Å². The van der Waals surface area contributed by atoms with E-state index in [-0.39, 0.29) is 31.8 Å². The lowest BCUT2D eigenvalue weighted by Gasteiger charge is -2.30. The Morgan fingerprint density at radius 2 is 2.06 bits per heavy atom. The van der Waals surface area contributed by atoms with Gasteiger partial charge in [0.2, 0.25) is 0 Å². The molecule has 1 aliphatic heterocycles. The molecule has 1 saturated heterocycles. The number of carbonyl (C=O) groups excluding carboxylic acids is 1. The van der Waals surface area contributed by atoms with Crippen molar-refractivity contribution in [1.82, 2.24) is 10.0 Å². The highest BCUT2D eigenvalue weighted by Crippen LogP contribution is 2.23. The van der Waals surface area contributed by atoms with Gasteiger partial charge in [0.1, 0.15) is 0 Å². The van der Waals surface area contributed by atoms with Crippen molar-refractivity contribution in [2.24, 2.45) is 0 Å². The molecule has 3 rings (SSSR count). The molecular formula is C20H20N2O8S. The Morgan fingerprint density at radius 3 is 2.65 bits per heavy atom. The van der Waals surface area contributed by atoms with E-state index in [9.17, 15) is 23.1 Å². The third kappa shape index (κ3) is 4.50. The van der Waals surface area contributed by atoms with E-state index in [2.05, 4.69) is 23.7 Å². The fourth-order valence-electron chi connectivity index (χ4n) is 2.89. The van der Waals surface area contributed by atoms with E-state index in [1.165, 1.54) is 23.0 Å². The summed E-state index contributed by atoms with van der Waals surface area (Å²) < 4.78 is 33.5. The van der Waals surface area contributed by atoms with Crippen LogP contribution in [0.15, 0.2) is 27.4 Å². The maximum atomic E-state index is 12.3. The number of aromatic nitrogens is 1. The number of amides is 1. The number of ether oxygens (including phenoxy) is 1. The first-order valence-corrected chi connectivity index (χ1v) is 11.0. The molecule has 164 valence electrons. The predicted octanol–water partition coefficient (Wildman–Crippen LogP) is -0.590. The highest BCUT2D eigenvalue weighted by Gasteiger charge is 2.43. The third-order valence-corrected chi connectivity index (χ3v) is 7.15. The SMILES string of the molecule is CC(CCn1c(=O)oc2cc(C#CC#CC3(O)COC3)ccc21)(C(=O)NO)S(C)(=O)=O. The van der Waals surface area contributed by atoms with Gasteiger partial charge in [0, 0.05) is 18.4 Å². The third-order valence-electron chi connectivity index (χ3n) is 5.13. The minimum Gasteiger partial charge on any atom is -0.408 e. The number of carbonyl (C=O) groups is 1. The van der Waals surface area contributed by atoms with Crippen LogP contribution in [0.3, 0.4) is 0 Å². The van der Waals surface area contributed by atoms with Gasteiger partial charge in [-0.3, -0.25) is 14.6 Å². The number of sulfone groups is 1. The molecule has 1 unspecified atom stereocenters. The lowest BCUT2D eigenvalue weighted by Crippen LogP contribution is -2.49. The van der Waals surface area contributed by atoms with E-state index in [0.29, 0.717) is 11.1 Å². The van der Waals surface area contributed by atoms with E-state index in [1.807, 2.05) is 0 Å². The molecular weight excluding hydrogens is 428 g/mol. The van der Waals surface area contributed by atoms with Crippen molar-refractivity contribution in [3.63, 3.8) is 0 Å². The summed E-state index contributed by atoms with van der Waals surface area (Å²) in [6.45, 7) is 1.32. The molecule has 2 aromatic rings. The maximum Gasteiger partial charge on any atom is 0.419 e. The fraction of sp³-hybridized carbons (Fsp3) is 0.400. The molecule has 3 N–H and O–H groups in total. The average molecular weight is 448 g/mol. The second-order valence-electron chi connectivity index (χ2n) is 7.42. The number of oxazole rings is 1. The largest absolute Gasteiger partial charge is 0.419 e. The van der Waals surface area contributed by atoms with E-state index < -0.39 is 31.8 Å². The molecule has 1 aliphatic rings. The fourth-order valence-corrected chi connectivity index (χ4v) is 3.73. The number of aryl methyl sites for hydroxylation is 1. The first-order chi connectivity index (χ1) is 14.5. The van der Waals surface area contributed by atoms with E-state index in [1.54, 1.807) is 12.1 Å². The summed E-state index contributed by atoms with van der Waals surface area (Å²) in [5.41, 5.74) is 1.34. The summed E-state index contributed by atoms with van der Waals surface area (Å²) in [6.07, 6.45) is 0.611. The van der Waals surface area contributed by atoms with Gasteiger partial charge in [-0.15, -0.1) is 0 Å². The molecule has 1 amide bonds. The summed E-state index contributed by atoms with van der Waals surface area (Å²) in [5.74, 6) is 8.72. The molecule has 0 spiro atoms. The predicted molar refractivity (Wildman–Crippen MR) is 109 cm³/mol. The van der Waals surface area contributed by atoms with Gasteiger partial charge >= 0.3 is 5.76 Å². The van der Waals surface area contributed by atoms with Crippen LogP contribution in [0.1, 0.15) is 18.9 Å². The van der Waals surface area contributed by atoms with Gasteiger partial charge in [0.25, 0.3) is 5.91 Å². The second-order valence-corrected chi connectivity index (χ2v) is 9.87. The van der Waals surface area contributed by atoms with Gasteiger partial charge in [-0.2, -0.15) is 0 Å². The van der Waals surface area contributed by atoms with E-state index in [0.717, 1.165) is 6.26 Å². The van der Waals surface area contributed by atoms with Crippen molar-refractivity contribution >= 4 is 26.8 Å². The molecule has 1 fully saturated rings. The number of nitrogens with one attached hydrogen (secondary N) is 1. The highest BCUT2D eigenvalue weighted by molar-refractivity contribution is 7.92. The summed E-state index contributed by atoms with van der Waals surface area (Å²) in [5, 5.41) is 18.7. The zero-order chi connectivity index (χ0) is 22.9. The van der Waals surface area contributed by atoms with Gasteiger partial charge in [-0.1, -0.05) is 5.92 Å². The smallest absolute Gasteiger partial charge is 0.408 e. The Labute approximate surface area is 177 Å². The number of benzene rings is 1. The number of hydrogen-bond donors (Lipinski definition) is 3. The first-order valence-electron chi connectivity index (χ1n) is 9.10. The van der Waals surface area contributed by atoms with Crippen LogP contribution < -0.4 is 11.2 Å². The van der Waals surface area contributed by atoms with Crippen LogP contribution in [0.2, 0.25) is 0 Å². The van der Waals surface area contributed by atoms with Crippen LogP contribution in [0, 0.1) is 23.7 Å². The van der Waals surface area contributed by atoms with Gasteiger partial charge in [0.05, 0.1) is 18.7 Å². The molecule has 1 aromatic carbocycles. The lowest BCUT2D eigenvalue weighted by atomic mass is 10.0. The Balaban J connectivity index is 1.84. The number of aliphatic hydroxyl groups is 1. The van der Waals surface area contributed by atoms with Gasteiger partial charge in [-0.25, -0.2) is 18.7 Å². The zero-order valence-corrected chi connectivity index (χ0v) is 17.6. The van der Waals surface area contributed by atoms with E-state index in [4.69, 9.17) is 14.4 Å². The van der Waals surface area contributed by atoms with Gasteiger partial charge in [-0.05, 0) is 49.3 Å². The van der Waals surface area contributed by atoms with Crippen LogP contribution in [0.4, 0.5) is 0 Å². The molecule has 1 atom stereocenters. The quantitative estimate of drug-likeness (QED) is 0.312. The Hall–Kier alpha value is -3.09. The summed E-state index contributed by atoms with van der Waals surface area (Å²) in [6, 6.07) is 4.73. The monoisotopic (exact) mass is 448 g/mol. The lowest BCUT2D eigenvalue weighted by molar-refractivity contribution is -0.140. The molecule has 11 heteroatoms. The molecule has 0 radical (unpaired) electrons. The van der Waals surface area contributed by atoms with Crippen LogP contribution in [-0.4, -0.2) is 59.0 Å². The number of hydroxylamine groups is 1. The van der Waals surface area contributed by atoms with Crippen molar-refractivity contribution in [2.45, 2.75) is 30.2 Å². The molecule has 31 heavy (non-hydrogen) atoms. The Bertz CT molecular complexity index is 1310. The van der Waals surface area contributed by atoms with E-state index >= 15 is 0 Å². The molecule has 0 aliphatic carbocycles. The second kappa shape index (κ2) is 8.21. The number of hydrogen-bond acceptors (Lipinski definition) is 8. The summed E-state index contributed by atoms with van der Waals surface area (Å²) in [7, 11) is -3.90. The van der Waals surface area contributed by atoms with Crippen LogP contribution >= 0.6 is 0 Å². The van der Waals surface area contributed by atoms with Crippen molar-refractivity contribution in [2.75, 3.05) is 19.5 Å². The maximum absolute atomic E-state index is 12.3. The Morgan fingerprint density at radius 1 is 1.35 bits per heavy atom. The highest BCUT2D eigenvalue weighted by atomic mass is 32.2. The van der Waals surface area contributed by atoms with Crippen molar-refractivity contribution in [3.05, 3.63) is 34.3 Å². The molecule has 0 saturated carbocycles. The number of nitrogens with zero attached hydrogens (tertiary/aromatic N) is 1. The topological polar surface area (TPSA) is 148 Å². The van der Waals surface area contributed by atoms with Crippen LogP contribution in [0.5, 0.6) is 0 Å². The van der Waals surface area contributed by atoms with Crippen molar-refractivity contribution in [3.8, 4) is 23.7 Å².